The summed E-state index contributed by atoms with van der Waals surface area (Å²) in [4.78, 5) is 13.6. The van der Waals surface area contributed by atoms with Crippen molar-refractivity contribution in [1.29, 1.82) is 0 Å². The van der Waals surface area contributed by atoms with Gasteiger partial charge in [0.1, 0.15) is 0 Å². The maximum Gasteiger partial charge on any atom is 0.321 e. The second-order valence-corrected chi connectivity index (χ2v) is 6.30. The van der Waals surface area contributed by atoms with Crippen molar-refractivity contribution in [2.45, 2.75) is 33.1 Å². The van der Waals surface area contributed by atoms with Crippen LogP contribution in [0.3, 0.4) is 0 Å². The molecule has 0 bridgehead atoms. The summed E-state index contributed by atoms with van der Waals surface area (Å²) in [5.41, 5.74) is 5.56. The first-order chi connectivity index (χ1) is 10.9. The van der Waals surface area contributed by atoms with Crippen molar-refractivity contribution < 1.29 is 4.79 Å². The summed E-state index contributed by atoms with van der Waals surface area (Å²) in [6, 6.07) is 14.6. The molecule has 2 aromatic rings. The van der Waals surface area contributed by atoms with Crippen LogP contribution in [0.2, 0.25) is 0 Å². The molecule has 0 aliphatic rings. The molecule has 3 heteroatoms. The molecular weight excluding hydrogens is 284 g/mol. The minimum absolute atomic E-state index is 0.116. The highest BCUT2D eigenvalue weighted by molar-refractivity contribution is 5.94. The van der Waals surface area contributed by atoms with E-state index in [0.29, 0.717) is 5.92 Å². The molecular formula is C20H26N2O. The third-order valence-electron chi connectivity index (χ3n) is 4.24. The van der Waals surface area contributed by atoms with Gasteiger partial charge in [-0.2, -0.15) is 0 Å². The maximum atomic E-state index is 12.0. The number of aryl methyl sites for hydroxylation is 1. The van der Waals surface area contributed by atoms with Crippen LogP contribution in [-0.4, -0.2) is 25.0 Å². The third-order valence-corrected chi connectivity index (χ3v) is 4.24. The summed E-state index contributed by atoms with van der Waals surface area (Å²) in [7, 11) is 3.49. The molecule has 2 rings (SSSR count). The lowest BCUT2D eigenvalue weighted by atomic mass is 9.93. The van der Waals surface area contributed by atoms with Crippen LogP contribution in [0, 0.1) is 6.92 Å². The van der Waals surface area contributed by atoms with Gasteiger partial charge in [0.05, 0.1) is 5.69 Å². The second kappa shape index (κ2) is 7.32. The average molecular weight is 310 g/mol. The predicted octanol–water partition coefficient (Wildman–Crippen LogP) is 5.27. The first-order valence-electron chi connectivity index (χ1n) is 8.11. The van der Waals surface area contributed by atoms with E-state index in [-0.39, 0.29) is 6.03 Å². The monoisotopic (exact) mass is 310 g/mol. The molecule has 0 heterocycles. The minimum Gasteiger partial charge on any atom is -0.331 e. The maximum absolute atomic E-state index is 12.0. The van der Waals surface area contributed by atoms with Gasteiger partial charge in [0.25, 0.3) is 0 Å². The standard InChI is InChI=1S/C20H26N2O/c1-6-15(3)17-11-12-19(21-20(23)22(4)5)18(13-17)16-9-7-14(2)8-10-16/h7-13,15H,6H2,1-5H3,(H,21,23). The zero-order valence-corrected chi connectivity index (χ0v) is 14.7. The largest absolute Gasteiger partial charge is 0.331 e. The molecule has 0 saturated heterocycles. The molecule has 0 aliphatic heterocycles. The summed E-state index contributed by atoms with van der Waals surface area (Å²) < 4.78 is 0. The number of amides is 2. The molecule has 1 N–H and O–H groups in total. The Morgan fingerprint density at radius 3 is 2.35 bits per heavy atom. The second-order valence-electron chi connectivity index (χ2n) is 6.30. The number of rotatable bonds is 4. The number of anilines is 1. The molecule has 0 aliphatic carbocycles. The van der Waals surface area contributed by atoms with Crippen molar-refractivity contribution in [2.75, 3.05) is 19.4 Å². The van der Waals surface area contributed by atoms with Gasteiger partial charge in [-0.15, -0.1) is 0 Å². The van der Waals surface area contributed by atoms with E-state index in [1.54, 1.807) is 19.0 Å². The topological polar surface area (TPSA) is 32.3 Å². The normalized spacial score (nSPS) is 11.9. The van der Waals surface area contributed by atoms with Crippen molar-refractivity contribution in [3.8, 4) is 11.1 Å². The molecule has 1 atom stereocenters. The van der Waals surface area contributed by atoms with Crippen LogP contribution in [0.5, 0.6) is 0 Å². The highest BCUT2D eigenvalue weighted by Gasteiger charge is 2.13. The molecule has 2 aromatic carbocycles. The van der Waals surface area contributed by atoms with Crippen LogP contribution in [0.15, 0.2) is 42.5 Å². The van der Waals surface area contributed by atoms with E-state index in [1.165, 1.54) is 11.1 Å². The van der Waals surface area contributed by atoms with Crippen molar-refractivity contribution in [2.24, 2.45) is 0 Å². The Kier molecular flexibility index (Phi) is 5.43. The molecule has 1 unspecified atom stereocenters. The molecule has 0 saturated carbocycles. The number of carbonyl (C=O) groups is 1. The van der Waals surface area contributed by atoms with E-state index in [4.69, 9.17) is 0 Å². The van der Waals surface area contributed by atoms with E-state index in [9.17, 15) is 4.79 Å². The Balaban J connectivity index is 2.48. The summed E-state index contributed by atoms with van der Waals surface area (Å²) in [6.45, 7) is 6.50. The third kappa shape index (κ3) is 4.13. The number of benzene rings is 2. The smallest absolute Gasteiger partial charge is 0.321 e. The van der Waals surface area contributed by atoms with Crippen LogP contribution >= 0.6 is 0 Å². The molecule has 0 fully saturated rings. The van der Waals surface area contributed by atoms with Crippen LogP contribution in [0.25, 0.3) is 11.1 Å². The van der Waals surface area contributed by atoms with E-state index in [0.717, 1.165) is 23.2 Å². The van der Waals surface area contributed by atoms with E-state index < -0.39 is 0 Å². The molecule has 0 radical (unpaired) electrons. The summed E-state index contributed by atoms with van der Waals surface area (Å²) in [5.74, 6) is 0.498. The van der Waals surface area contributed by atoms with Crippen molar-refractivity contribution in [1.82, 2.24) is 4.90 Å². The van der Waals surface area contributed by atoms with Crippen molar-refractivity contribution >= 4 is 11.7 Å². The molecule has 23 heavy (non-hydrogen) atoms. The van der Waals surface area contributed by atoms with Crippen LogP contribution < -0.4 is 5.32 Å². The van der Waals surface area contributed by atoms with Crippen molar-refractivity contribution in [3.05, 3.63) is 53.6 Å². The Morgan fingerprint density at radius 2 is 1.78 bits per heavy atom. The lowest BCUT2D eigenvalue weighted by molar-refractivity contribution is 0.230. The number of urea groups is 1. The predicted molar refractivity (Wildman–Crippen MR) is 98.0 cm³/mol. The highest BCUT2D eigenvalue weighted by Crippen LogP contribution is 2.32. The number of nitrogens with zero attached hydrogens (tertiary/aromatic N) is 1. The van der Waals surface area contributed by atoms with Gasteiger partial charge in [-0.1, -0.05) is 49.7 Å². The lowest BCUT2D eigenvalue weighted by Gasteiger charge is -2.18. The summed E-state index contributed by atoms with van der Waals surface area (Å²) in [5, 5.41) is 2.99. The van der Waals surface area contributed by atoms with Crippen LogP contribution in [0.4, 0.5) is 10.5 Å². The van der Waals surface area contributed by atoms with Gasteiger partial charge in [0, 0.05) is 19.7 Å². The first-order valence-corrected chi connectivity index (χ1v) is 8.11. The van der Waals surface area contributed by atoms with Crippen molar-refractivity contribution in [3.63, 3.8) is 0 Å². The quantitative estimate of drug-likeness (QED) is 0.820. The SMILES string of the molecule is CCC(C)c1ccc(NC(=O)N(C)C)c(-c2ccc(C)cc2)c1. The lowest BCUT2D eigenvalue weighted by Crippen LogP contribution is -2.27. The zero-order chi connectivity index (χ0) is 17.0. The van der Waals surface area contributed by atoms with E-state index >= 15 is 0 Å². The van der Waals surface area contributed by atoms with Gasteiger partial charge in [0.2, 0.25) is 0 Å². The number of carbonyl (C=O) groups excluding carboxylic acids is 1. The van der Waals surface area contributed by atoms with Gasteiger partial charge < -0.3 is 10.2 Å². The van der Waals surface area contributed by atoms with E-state index in [1.807, 2.05) is 6.07 Å². The Hall–Kier alpha value is -2.29. The summed E-state index contributed by atoms with van der Waals surface area (Å²) >= 11 is 0. The molecule has 3 nitrogen and oxygen atoms in total. The molecule has 122 valence electrons. The van der Waals surface area contributed by atoms with Gasteiger partial charge in [-0.25, -0.2) is 4.79 Å². The van der Waals surface area contributed by atoms with Gasteiger partial charge in [0.15, 0.2) is 0 Å². The molecule has 0 spiro atoms. The highest BCUT2D eigenvalue weighted by atomic mass is 16.2. The Morgan fingerprint density at radius 1 is 1.13 bits per heavy atom. The summed E-state index contributed by atoms with van der Waals surface area (Å²) in [6.07, 6.45) is 1.09. The minimum atomic E-state index is -0.116. The number of hydrogen-bond acceptors (Lipinski definition) is 1. The van der Waals surface area contributed by atoms with Gasteiger partial charge in [-0.3, -0.25) is 0 Å². The Bertz CT molecular complexity index is 675. The average Bonchev–Trinajstić information content (AvgIpc) is 2.55. The fourth-order valence-electron chi connectivity index (χ4n) is 2.41. The van der Waals surface area contributed by atoms with Crippen LogP contribution in [-0.2, 0) is 0 Å². The fraction of sp³-hybridized carbons (Fsp3) is 0.350. The van der Waals surface area contributed by atoms with Crippen LogP contribution in [0.1, 0.15) is 37.3 Å². The Labute approximate surface area is 139 Å². The first kappa shape index (κ1) is 17.1. The number of hydrogen-bond donors (Lipinski definition) is 1. The molecule has 0 aromatic heterocycles. The molecule has 2 amide bonds. The van der Waals surface area contributed by atoms with E-state index in [2.05, 4.69) is 62.5 Å². The zero-order valence-electron chi connectivity index (χ0n) is 14.7. The fourth-order valence-corrected chi connectivity index (χ4v) is 2.41. The van der Waals surface area contributed by atoms with Gasteiger partial charge in [-0.05, 0) is 42.5 Å². The van der Waals surface area contributed by atoms with Gasteiger partial charge >= 0.3 is 6.03 Å². The number of nitrogens with one attached hydrogen (secondary N) is 1.